The third kappa shape index (κ3) is 4.29. The van der Waals surface area contributed by atoms with Gasteiger partial charge in [-0.15, -0.1) is 0 Å². The van der Waals surface area contributed by atoms with E-state index >= 15 is 0 Å². The minimum atomic E-state index is -0.502. The van der Waals surface area contributed by atoms with Crippen LogP contribution in [0.2, 0.25) is 0 Å². The molecule has 0 aliphatic heterocycles. The molecule has 0 radical (unpaired) electrons. The van der Waals surface area contributed by atoms with Crippen molar-refractivity contribution in [2.45, 2.75) is 0 Å². The van der Waals surface area contributed by atoms with Gasteiger partial charge in [0.2, 0.25) is 0 Å². The zero-order valence-electron chi connectivity index (χ0n) is 17.1. The second-order valence-corrected chi connectivity index (χ2v) is 6.82. The van der Waals surface area contributed by atoms with Crippen molar-refractivity contribution in [3.63, 3.8) is 0 Å². The van der Waals surface area contributed by atoms with Gasteiger partial charge >= 0.3 is 0 Å². The van der Waals surface area contributed by atoms with Crippen molar-refractivity contribution < 1.29 is 14.5 Å². The van der Waals surface area contributed by atoms with Crippen molar-refractivity contribution in [1.82, 2.24) is 10.4 Å². The zero-order chi connectivity index (χ0) is 22.5. The van der Waals surface area contributed by atoms with Gasteiger partial charge in [0, 0.05) is 17.0 Å². The maximum atomic E-state index is 13.0. The van der Waals surface area contributed by atoms with E-state index in [0.717, 1.165) is 5.56 Å². The van der Waals surface area contributed by atoms with Crippen LogP contribution in [-0.2, 0) is 0 Å². The quantitative estimate of drug-likeness (QED) is 0.276. The number of carbonyl (C=O) groups excluding carboxylic acids is 1. The van der Waals surface area contributed by atoms with Gasteiger partial charge in [-0.2, -0.15) is 5.10 Å². The number of hydrazone groups is 1. The molecule has 158 valence electrons. The molecule has 0 spiro atoms. The van der Waals surface area contributed by atoms with Gasteiger partial charge in [-0.25, -0.2) is 10.4 Å². The lowest BCUT2D eigenvalue weighted by atomic mass is 10.0. The van der Waals surface area contributed by atoms with Crippen LogP contribution in [0.3, 0.4) is 0 Å². The maximum Gasteiger partial charge on any atom is 0.278 e. The molecule has 8 heteroatoms. The normalized spacial score (nSPS) is 10.9. The van der Waals surface area contributed by atoms with E-state index < -0.39 is 10.8 Å². The standard InChI is InChI=1S/C24H18N4O4/c1-32-18-11-12-21-19(13-18)20(14-22(26-21)16-7-3-2-4-8-16)24(29)27-25-15-17-9-5-6-10-23(17)28(30)31/h2-15H,1H3,(H,27,29). The molecule has 1 aromatic heterocycles. The molecule has 1 N–H and O–H groups in total. The fraction of sp³-hybridized carbons (Fsp3) is 0.0417. The Morgan fingerprint density at radius 1 is 1.06 bits per heavy atom. The number of aromatic nitrogens is 1. The number of nitro benzene ring substituents is 1. The molecule has 8 nitrogen and oxygen atoms in total. The Morgan fingerprint density at radius 2 is 1.81 bits per heavy atom. The summed E-state index contributed by atoms with van der Waals surface area (Å²) in [5.41, 5.74) is 5.12. The zero-order valence-corrected chi connectivity index (χ0v) is 17.1. The van der Waals surface area contributed by atoms with Gasteiger partial charge in [0.25, 0.3) is 11.6 Å². The Hall–Kier alpha value is -4.59. The predicted octanol–water partition coefficient (Wildman–Crippen LogP) is 4.58. The van der Waals surface area contributed by atoms with E-state index in [0.29, 0.717) is 27.9 Å². The Labute approximate surface area is 183 Å². The van der Waals surface area contributed by atoms with Crippen molar-refractivity contribution in [3.8, 4) is 17.0 Å². The summed E-state index contributed by atoms with van der Waals surface area (Å²) >= 11 is 0. The topological polar surface area (TPSA) is 107 Å². The first-order valence-electron chi connectivity index (χ1n) is 9.68. The fourth-order valence-corrected chi connectivity index (χ4v) is 3.26. The first-order valence-corrected chi connectivity index (χ1v) is 9.68. The lowest BCUT2D eigenvalue weighted by molar-refractivity contribution is -0.385. The SMILES string of the molecule is COc1ccc2nc(-c3ccccc3)cc(C(=O)NN=Cc3ccccc3[N+](=O)[O-])c2c1. The second kappa shape index (κ2) is 9.05. The van der Waals surface area contributed by atoms with Crippen LogP contribution in [0, 0.1) is 10.1 Å². The fourth-order valence-electron chi connectivity index (χ4n) is 3.26. The number of ether oxygens (including phenoxy) is 1. The summed E-state index contributed by atoms with van der Waals surface area (Å²) in [7, 11) is 1.55. The van der Waals surface area contributed by atoms with Gasteiger partial charge in [0.15, 0.2) is 0 Å². The highest BCUT2D eigenvalue weighted by molar-refractivity contribution is 6.07. The van der Waals surface area contributed by atoms with E-state index in [2.05, 4.69) is 15.5 Å². The van der Waals surface area contributed by atoms with Crippen LogP contribution in [-0.4, -0.2) is 29.1 Å². The maximum absolute atomic E-state index is 13.0. The lowest BCUT2D eigenvalue weighted by Gasteiger charge is -2.10. The summed E-state index contributed by atoms with van der Waals surface area (Å²) in [4.78, 5) is 28.4. The van der Waals surface area contributed by atoms with Gasteiger partial charge in [0.1, 0.15) is 5.75 Å². The van der Waals surface area contributed by atoms with Crippen LogP contribution in [0.15, 0.2) is 84.0 Å². The summed E-state index contributed by atoms with van der Waals surface area (Å²) in [6.07, 6.45) is 1.25. The van der Waals surface area contributed by atoms with E-state index in [1.807, 2.05) is 30.3 Å². The van der Waals surface area contributed by atoms with E-state index in [-0.39, 0.29) is 11.3 Å². The van der Waals surface area contributed by atoms with E-state index in [4.69, 9.17) is 4.74 Å². The summed E-state index contributed by atoms with van der Waals surface area (Å²) in [6.45, 7) is 0. The molecule has 0 aliphatic rings. The van der Waals surface area contributed by atoms with E-state index in [1.54, 1.807) is 49.6 Å². The molecule has 0 unspecified atom stereocenters. The highest BCUT2D eigenvalue weighted by Crippen LogP contribution is 2.27. The average molecular weight is 426 g/mol. The number of rotatable bonds is 6. The summed E-state index contributed by atoms with van der Waals surface area (Å²) in [5, 5.41) is 15.7. The van der Waals surface area contributed by atoms with E-state index in [9.17, 15) is 14.9 Å². The number of pyridine rings is 1. The second-order valence-electron chi connectivity index (χ2n) is 6.82. The van der Waals surface area contributed by atoms with Crippen molar-refractivity contribution in [1.29, 1.82) is 0 Å². The molecular formula is C24H18N4O4. The molecule has 32 heavy (non-hydrogen) atoms. The van der Waals surface area contributed by atoms with Crippen LogP contribution in [0.1, 0.15) is 15.9 Å². The first kappa shape index (κ1) is 20.7. The molecule has 0 atom stereocenters. The third-order valence-corrected chi connectivity index (χ3v) is 4.83. The number of carbonyl (C=O) groups is 1. The Morgan fingerprint density at radius 3 is 2.56 bits per heavy atom. The predicted molar refractivity (Wildman–Crippen MR) is 122 cm³/mol. The number of para-hydroxylation sites is 1. The highest BCUT2D eigenvalue weighted by Gasteiger charge is 2.15. The monoisotopic (exact) mass is 426 g/mol. The number of methoxy groups -OCH3 is 1. The molecule has 0 bridgehead atoms. The molecule has 1 amide bonds. The number of fused-ring (bicyclic) bond motifs is 1. The van der Waals surface area contributed by atoms with Gasteiger partial charge in [0.05, 0.1) is 40.6 Å². The molecule has 0 fully saturated rings. The van der Waals surface area contributed by atoms with Crippen molar-refractivity contribution in [2.75, 3.05) is 7.11 Å². The average Bonchev–Trinajstić information content (AvgIpc) is 2.83. The number of nitro groups is 1. The minimum Gasteiger partial charge on any atom is -0.497 e. The number of amides is 1. The van der Waals surface area contributed by atoms with Crippen molar-refractivity contribution in [3.05, 3.63) is 100 Å². The third-order valence-electron chi connectivity index (χ3n) is 4.83. The van der Waals surface area contributed by atoms with Gasteiger partial charge in [-0.1, -0.05) is 42.5 Å². The van der Waals surface area contributed by atoms with Gasteiger partial charge < -0.3 is 4.74 Å². The van der Waals surface area contributed by atoms with E-state index in [1.165, 1.54) is 12.3 Å². The molecule has 4 aromatic rings. The first-order chi connectivity index (χ1) is 15.6. The number of benzene rings is 3. The molecule has 3 aromatic carbocycles. The molecule has 0 aliphatic carbocycles. The van der Waals surface area contributed by atoms with Crippen molar-refractivity contribution in [2.24, 2.45) is 5.10 Å². The van der Waals surface area contributed by atoms with Crippen molar-refractivity contribution >= 4 is 28.7 Å². The van der Waals surface area contributed by atoms with Crippen LogP contribution in [0.25, 0.3) is 22.2 Å². The largest absolute Gasteiger partial charge is 0.497 e. The Bertz CT molecular complexity index is 1340. The number of nitrogens with one attached hydrogen (secondary N) is 1. The number of hydrogen-bond donors (Lipinski definition) is 1. The molecule has 0 saturated heterocycles. The van der Waals surface area contributed by atoms with Crippen LogP contribution < -0.4 is 10.2 Å². The summed E-state index contributed by atoms with van der Waals surface area (Å²) in [6, 6.07) is 22.6. The van der Waals surface area contributed by atoms with Crippen LogP contribution >= 0.6 is 0 Å². The Kier molecular flexibility index (Phi) is 5.85. The van der Waals surface area contributed by atoms with Gasteiger partial charge in [-0.05, 0) is 30.3 Å². The molecule has 0 saturated carbocycles. The minimum absolute atomic E-state index is 0.101. The van der Waals surface area contributed by atoms with Gasteiger partial charge in [-0.3, -0.25) is 14.9 Å². The highest BCUT2D eigenvalue weighted by atomic mass is 16.6. The summed E-state index contributed by atoms with van der Waals surface area (Å²) < 4.78 is 5.29. The number of hydrogen-bond acceptors (Lipinski definition) is 6. The number of nitrogens with zero attached hydrogens (tertiary/aromatic N) is 3. The molecule has 1 heterocycles. The lowest BCUT2D eigenvalue weighted by Crippen LogP contribution is -2.18. The van der Waals surface area contributed by atoms with Crippen LogP contribution in [0.4, 0.5) is 5.69 Å². The summed E-state index contributed by atoms with van der Waals surface area (Å²) in [5.74, 6) is 0.113. The Balaban J connectivity index is 1.72. The van der Waals surface area contributed by atoms with Crippen LogP contribution in [0.5, 0.6) is 5.75 Å². The smallest absolute Gasteiger partial charge is 0.278 e. The molecular weight excluding hydrogens is 408 g/mol. The molecule has 4 rings (SSSR count).